The molecule has 1 aromatic rings. The van der Waals surface area contributed by atoms with Crippen LogP contribution in [0.5, 0.6) is 0 Å². The second kappa shape index (κ2) is 12.7. The third-order valence-corrected chi connectivity index (χ3v) is 5.45. The summed E-state index contributed by atoms with van der Waals surface area (Å²) >= 11 is 0. The largest absolute Gasteiger partial charge is 0.487 e. The first kappa shape index (κ1) is 24.3. The molecule has 0 saturated carbocycles. The van der Waals surface area contributed by atoms with Crippen LogP contribution in [0.2, 0.25) is 0 Å². The van der Waals surface area contributed by atoms with Gasteiger partial charge in [-0.05, 0) is 69.0 Å². The first-order chi connectivity index (χ1) is 15.0. The van der Waals surface area contributed by atoms with Gasteiger partial charge in [0, 0.05) is 25.9 Å². The van der Waals surface area contributed by atoms with E-state index in [9.17, 15) is 0 Å². The average molecular weight is 425 g/mol. The number of allylic oxidation sites excluding steroid dienone is 4. The topological polar surface area (TPSA) is 82.9 Å². The van der Waals surface area contributed by atoms with Gasteiger partial charge in [0.05, 0.1) is 18.0 Å². The van der Waals surface area contributed by atoms with E-state index in [4.69, 9.17) is 9.73 Å². The molecule has 0 aromatic carbocycles. The number of piperidine rings is 1. The van der Waals surface area contributed by atoms with Crippen LogP contribution in [0.1, 0.15) is 37.8 Å². The second-order valence-electron chi connectivity index (χ2n) is 7.54. The monoisotopic (exact) mass is 424 g/mol. The Labute approximate surface area is 186 Å². The van der Waals surface area contributed by atoms with E-state index in [0.29, 0.717) is 18.3 Å². The van der Waals surface area contributed by atoms with Gasteiger partial charge in [-0.1, -0.05) is 19.2 Å². The Morgan fingerprint density at radius 2 is 2.13 bits per heavy atom. The number of nitrogens with zero attached hydrogens (tertiary/aromatic N) is 3. The van der Waals surface area contributed by atoms with Gasteiger partial charge in [0.15, 0.2) is 0 Å². The molecule has 7 heteroatoms. The fourth-order valence-corrected chi connectivity index (χ4v) is 3.70. The maximum Gasteiger partial charge on any atom is 0.140 e. The fraction of sp³-hybridized carbons (Fsp3) is 0.458. The molecule has 1 atom stereocenters. The lowest BCUT2D eigenvalue weighted by Gasteiger charge is -2.26. The lowest BCUT2D eigenvalue weighted by Crippen LogP contribution is -2.32. The third kappa shape index (κ3) is 7.07. The van der Waals surface area contributed by atoms with Gasteiger partial charge >= 0.3 is 0 Å². The van der Waals surface area contributed by atoms with E-state index in [1.807, 2.05) is 26.1 Å². The van der Waals surface area contributed by atoms with E-state index in [1.165, 1.54) is 0 Å². The minimum Gasteiger partial charge on any atom is -0.487 e. The number of hydrazone groups is 1. The average Bonchev–Trinajstić information content (AvgIpc) is 2.80. The van der Waals surface area contributed by atoms with Crippen molar-refractivity contribution >= 4 is 23.3 Å². The van der Waals surface area contributed by atoms with Crippen LogP contribution in [0.15, 0.2) is 53.4 Å². The second-order valence-corrected chi connectivity index (χ2v) is 7.54. The molecule has 1 fully saturated rings. The van der Waals surface area contributed by atoms with Crippen molar-refractivity contribution in [1.29, 1.82) is 0 Å². The third-order valence-electron chi connectivity index (χ3n) is 5.45. The van der Waals surface area contributed by atoms with Crippen molar-refractivity contribution in [2.45, 2.75) is 39.3 Å². The summed E-state index contributed by atoms with van der Waals surface area (Å²) in [6.45, 7) is 14.6. The smallest absolute Gasteiger partial charge is 0.140 e. The lowest BCUT2D eigenvalue weighted by molar-refractivity contribution is 0.217. The van der Waals surface area contributed by atoms with Crippen molar-refractivity contribution in [3.8, 4) is 0 Å². The van der Waals surface area contributed by atoms with Gasteiger partial charge in [0.1, 0.15) is 18.2 Å². The highest BCUT2D eigenvalue weighted by molar-refractivity contribution is 6.09. The summed E-state index contributed by atoms with van der Waals surface area (Å²) < 4.78 is 6.22. The molecule has 2 rings (SSSR count). The number of aromatic nitrogens is 1. The minimum atomic E-state index is 0.248. The van der Waals surface area contributed by atoms with Crippen LogP contribution in [-0.4, -0.2) is 50.1 Å². The van der Waals surface area contributed by atoms with Crippen molar-refractivity contribution in [3.63, 3.8) is 0 Å². The van der Waals surface area contributed by atoms with Crippen molar-refractivity contribution in [3.05, 3.63) is 54.5 Å². The molecule has 0 aliphatic carbocycles. The quantitative estimate of drug-likeness (QED) is 0.218. The van der Waals surface area contributed by atoms with Gasteiger partial charge in [-0.25, -0.2) is 4.98 Å². The van der Waals surface area contributed by atoms with Crippen molar-refractivity contribution in [1.82, 2.24) is 15.7 Å². The molecule has 0 bridgehead atoms. The van der Waals surface area contributed by atoms with Gasteiger partial charge in [-0.2, -0.15) is 5.10 Å². The number of nitrogens with one attached hydrogen (secondary N) is 3. The molecular weight excluding hydrogens is 388 g/mol. The number of aliphatic imine (C=N–C) groups is 1. The molecule has 1 saturated heterocycles. The van der Waals surface area contributed by atoms with E-state index in [2.05, 4.69) is 46.2 Å². The summed E-state index contributed by atoms with van der Waals surface area (Å²) in [6.07, 6.45) is 9.33. The molecule has 2 heterocycles. The van der Waals surface area contributed by atoms with Gasteiger partial charge in [0.25, 0.3) is 0 Å². The maximum absolute atomic E-state index is 6.22. The van der Waals surface area contributed by atoms with Crippen LogP contribution in [0.4, 0.5) is 5.82 Å². The Bertz CT molecular complexity index is 836. The lowest BCUT2D eigenvalue weighted by atomic mass is 9.91. The molecular formula is C24H36N6O. The molecule has 168 valence electrons. The van der Waals surface area contributed by atoms with Crippen LogP contribution in [-0.2, 0) is 11.3 Å². The van der Waals surface area contributed by atoms with Crippen molar-refractivity contribution < 1.29 is 4.74 Å². The van der Waals surface area contributed by atoms with Crippen LogP contribution >= 0.6 is 0 Å². The predicted molar refractivity (Wildman–Crippen MR) is 132 cm³/mol. The van der Waals surface area contributed by atoms with E-state index in [1.54, 1.807) is 25.5 Å². The molecule has 31 heavy (non-hydrogen) atoms. The van der Waals surface area contributed by atoms with Crippen LogP contribution < -0.4 is 16.1 Å². The van der Waals surface area contributed by atoms with Gasteiger partial charge < -0.3 is 20.8 Å². The first-order valence-corrected chi connectivity index (χ1v) is 10.8. The van der Waals surface area contributed by atoms with Gasteiger partial charge in [0.2, 0.25) is 0 Å². The molecule has 3 N–H and O–H groups in total. The highest BCUT2D eigenvalue weighted by atomic mass is 16.5. The molecule has 0 radical (unpaired) electrons. The number of hydrogen-bond donors (Lipinski definition) is 3. The molecule has 7 nitrogen and oxygen atoms in total. The van der Waals surface area contributed by atoms with E-state index >= 15 is 0 Å². The Hall–Kier alpha value is -2.93. The highest BCUT2D eigenvalue weighted by Gasteiger charge is 2.20. The summed E-state index contributed by atoms with van der Waals surface area (Å²) in [4.78, 5) is 9.37. The number of ether oxygens (including phenoxy) is 1. The highest BCUT2D eigenvalue weighted by Crippen LogP contribution is 2.25. The summed E-state index contributed by atoms with van der Waals surface area (Å²) in [5.41, 5.74) is 6.23. The maximum atomic E-state index is 6.22. The number of anilines is 1. The summed E-state index contributed by atoms with van der Waals surface area (Å²) in [5, 5.41) is 10.6. The van der Waals surface area contributed by atoms with E-state index in [-0.39, 0.29) is 6.04 Å². The SMILES string of the molecule is C=C/C=C(/OCc1c(C(=C)/C=N\NC)ccnc1NC)C(C)=NC(C)C1CCNCC1. The van der Waals surface area contributed by atoms with Crippen LogP contribution in [0.3, 0.4) is 0 Å². The van der Waals surface area contributed by atoms with Crippen LogP contribution in [0.25, 0.3) is 5.57 Å². The zero-order valence-electron chi connectivity index (χ0n) is 19.2. The van der Waals surface area contributed by atoms with Crippen molar-refractivity contribution in [2.24, 2.45) is 16.0 Å². The zero-order valence-corrected chi connectivity index (χ0v) is 19.2. The molecule has 0 amide bonds. The van der Waals surface area contributed by atoms with Crippen molar-refractivity contribution in [2.75, 3.05) is 32.5 Å². The molecule has 0 spiro atoms. The zero-order chi connectivity index (χ0) is 22.6. The summed E-state index contributed by atoms with van der Waals surface area (Å²) in [5.74, 6) is 2.05. The summed E-state index contributed by atoms with van der Waals surface area (Å²) in [7, 11) is 3.59. The fourth-order valence-electron chi connectivity index (χ4n) is 3.70. The van der Waals surface area contributed by atoms with E-state index < -0.39 is 0 Å². The standard InChI is InChI=1S/C24H36N6O/c1-7-8-23(19(4)30-18(3)20-9-12-27-13-10-20)31-16-22-21(17(2)15-29-26-6)11-14-28-24(22)25-5/h7-8,11,14-15,18,20,26-27H,1-2,9-10,12-13,16H2,3-6H3,(H,25,28)/b23-8+,29-15-,30-19?. The first-order valence-electron chi connectivity index (χ1n) is 10.8. The van der Waals surface area contributed by atoms with Crippen LogP contribution in [0, 0.1) is 5.92 Å². The Morgan fingerprint density at radius 1 is 1.39 bits per heavy atom. The minimum absolute atomic E-state index is 0.248. The number of hydrogen-bond acceptors (Lipinski definition) is 7. The molecule has 1 aliphatic rings. The van der Waals surface area contributed by atoms with Gasteiger partial charge in [-0.15, -0.1) is 0 Å². The summed E-state index contributed by atoms with van der Waals surface area (Å²) in [6, 6.07) is 2.17. The number of pyridine rings is 1. The van der Waals surface area contributed by atoms with Gasteiger partial charge in [-0.3, -0.25) is 4.99 Å². The Kier molecular flexibility index (Phi) is 9.97. The molecule has 1 unspecified atom stereocenters. The molecule has 1 aromatic heterocycles. The Balaban J connectivity index is 2.22. The molecule has 1 aliphatic heterocycles. The normalized spacial score (nSPS) is 16.8. The predicted octanol–water partition coefficient (Wildman–Crippen LogP) is 3.78. The Morgan fingerprint density at radius 3 is 2.77 bits per heavy atom. The van der Waals surface area contributed by atoms with E-state index in [0.717, 1.165) is 54.2 Å². The number of rotatable bonds is 11.